The van der Waals surface area contributed by atoms with Gasteiger partial charge in [-0.05, 0) is 49.4 Å². The van der Waals surface area contributed by atoms with Gasteiger partial charge in [-0.25, -0.2) is 4.68 Å². The van der Waals surface area contributed by atoms with Crippen molar-refractivity contribution in [2.24, 2.45) is 0 Å². The van der Waals surface area contributed by atoms with Gasteiger partial charge in [0.25, 0.3) is 11.5 Å². The Balaban J connectivity index is 1.57. The Morgan fingerprint density at radius 3 is 2.42 bits per heavy atom. The predicted molar refractivity (Wildman–Crippen MR) is 117 cm³/mol. The summed E-state index contributed by atoms with van der Waals surface area (Å²) < 4.78 is 17.3. The summed E-state index contributed by atoms with van der Waals surface area (Å²) in [5.74, 6) is 1.69. The summed E-state index contributed by atoms with van der Waals surface area (Å²) in [5.41, 5.74) is 1.23. The number of methoxy groups -OCH3 is 2. The summed E-state index contributed by atoms with van der Waals surface area (Å²) in [6.07, 6.45) is -0.693. The molecule has 0 fully saturated rings. The van der Waals surface area contributed by atoms with E-state index >= 15 is 0 Å². The highest BCUT2D eigenvalue weighted by Gasteiger charge is 2.14. The molecule has 0 aliphatic rings. The SMILES string of the molecule is COc1ccc(OC(C)C(=O)NCCn2nc(-c3cccc(OC)c3)ccc2=O)cc1. The zero-order valence-electron chi connectivity index (χ0n) is 17.7. The van der Waals surface area contributed by atoms with E-state index in [-0.39, 0.29) is 24.6 Å². The molecule has 0 saturated carbocycles. The normalized spacial score (nSPS) is 11.5. The molecule has 0 radical (unpaired) electrons. The standard InChI is InChI=1S/C23H25N3O5/c1-16(31-19-9-7-18(29-2)8-10-19)23(28)24-13-14-26-22(27)12-11-21(25-26)17-5-4-6-20(15-17)30-3/h4-12,15-16H,13-14H2,1-3H3,(H,24,28). The maximum Gasteiger partial charge on any atom is 0.266 e. The molecule has 0 aliphatic heterocycles. The molecule has 1 aromatic heterocycles. The number of hydrogen-bond donors (Lipinski definition) is 1. The molecule has 1 atom stereocenters. The lowest BCUT2D eigenvalue weighted by atomic mass is 10.1. The van der Waals surface area contributed by atoms with Gasteiger partial charge in [-0.1, -0.05) is 12.1 Å². The first-order chi connectivity index (χ1) is 15.0. The van der Waals surface area contributed by atoms with Crippen molar-refractivity contribution >= 4 is 5.91 Å². The maximum atomic E-state index is 12.3. The van der Waals surface area contributed by atoms with Crippen molar-refractivity contribution in [1.29, 1.82) is 0 Å². The molecule has 1 N–H and O–H groups in total. The van der Waals surface area contributed by atoms with Gasteiger partial charge in [-0.3, -0.25) is 9.59 Å². The predicted octanol–water partition coefficient (Wildman–Crippen LogP) is 2.51. The van der Waals surface area contributed by atoms with Crippen LogP contribution in [0.2, 0.25) is 0 Å². The molecular formula is C23H25N3O5. The van der Waals surface area contributed by atoms with Crippen LogP contribution in [0.3, 0.4) is 0 Å². The second-order valence-corrected chi connectivity index (χ2v) is 6.74. The molecule has 8 heteroatoms. The topological polar surface area (TPSA) is 91.7 Å². The fourth-order valence-corrected chi connectivity index (χ4v) is 2.89. The van der Waals surface area contributed by atoms with Gasteiger partial charge >= 0.3 is 0 Å². The Bertz CT molecular complexity index is 1080. The fraction of sp³-hybridized carbons (Fsp3) is 0.261. The number of carbonyl (C=O) groups excluding carboxylic acids is 1. The minimum absolute atomic E-state index is 0.234. The maximum absolute atomic E-state index is 12.3. The first-order valence-electron chi connectivity index (χ1n) is 9.81. The Hall–Kier alpha value is -3.81. The van der Waals surface area contributed by atoms with Gasteiger partial charge in [-0.2, -0.15) is 5.10 Å². The van der Waals surface area contributed by atoms with E-state index in [1.165, 1.54) is 10.7 Å². The smallest absolute Gasteiger partial charge is 0.266 e. The number of benzene rings is 2. The zero-order chi connectivity index (χ0) is 22.2. The van der Waals surface area contributed by atoms with Gasteiger partial charge in [0.15, 0.2) is 6.10 Å². The Morgan fingerprint density at radius 1 is 1.00 bits per heavy atom. The van der Waals surface area contributed by atoms with Gasteiger partial charge in [-0.15, -0.1) is 0 Å². The van der Waals surface area contributed by atoms with Gasteiger partial charge in [0.2, 0.25) is 0 Å². The van der Waals surface area contributed by atoms with Crippen LogP contribution in [0.5, 0.6) is 17.2 Å². The average molecular weight is 423 g/mol. The van der Waals surface area contributed by atoms with Crippen molar-refractivity contribution in [3.8, 4) is 28.5 Å². The van der Waals surface area contributed by atoms with E-state index in [0.29, 0.717) is 22.9 Å². The molecule has 2 aromatic carbocycles. The van der Waals surface area contributed by atoms with Gasteiger partial charge in [0.05, 0.1) is 26.5 Å². The van der Waals surface area contributed by atoms with Crippen molar-refractivity contribution in [2.75, 3.05) is 20.8 Å². The lowest BCUT2D eigenvalue weighted by molar-refractivity contribution is -0.127. The lowest BCUT2D eigenvalue weighted by Gasteiger charge is -2.15. The highest BCUT2D eigenvalue weighted by Crippen LogP contribution is 2.21. The van der Waals surface area contributed by atoms with Crippen LogP contribution in [-0.2, 0) is 11.3 Å². The van der Waals surface area contributed by atoms with E-state index in [4.69, 9.17) is 14.2 Å². The molecule has 1 heterocycles. The van der Waals surface area contributed by atoms with Crippen LogP contribution in [0.4, 0.5) is 0 Å². The molecule has 8 nitrogen and oxygen atoms in total. The van der Waals surface area contributed by atoms with Gasteiger partial charge < -0.3 is 19.5 Å². The molecule has 0 spiro atoms. The fourth-order valence-electron chi connectivity index (χ4n) is 2.89. The summed E-state index contributed by atoms with van der Waals surface area (Å²) in [6.45, 7) is 2.13. The number of amides is 1. The van der Waals surface area contributed by atoms with Crippen molar-refractivity contribution in [3.63, 3.8) is 0 Å². The summed E-state index contributed by atoms with van der Waals surface area (Å²) >= 11 is 0. The van der Waals surface area contributed by atoms with E-state index in [0.717, 1.165) is 5.56 Å². The largest absolute Gasteiger partial charge is 0.497 e. The van der Waals surface area contributed by atoms with Crippen LogP contribution in [0.15, 0.2) is 65.5 Å². The van der Waals surface area contributed by atoms with E-state index in [1.54, 1.807) is 51.5 Å². The summed E-state index contributed by atoms with van der Waals surface area (Å²) in [7, 11) is 3.17. The number of hydrogen-bond acceptors (Lipinski definition) is 6. The average Bonchev–Trinajstić information content (AvgIpc) is 2.80. The molecule has 3 rings (SSSR count). The van der Waals surface area contributed by atoms with Crippen LogP contribution in [-0.4, -0.2) is 42.6 Å². The third-order valence-electron chi connectivity index (χ3n) is 4.60. The summed E-state index contributed by atoms with van der Waals surface area (Å²) in [4.78, 5) is 24.5. The lowest BCUT2D eigenvalue weighted by Crippen LogP contribution is -2.39. The summed E-state index contributed by atoms with van der Waals surface area (Å²) in [6, 6.07) is 17.5. The quantitative estimate of drug-likeness (QED) is 0.569. The van der Waals surface area contributed by atoms with E-state index in [9.17, 15) is 9.59 Å². The van der Waals surface area contributed by atoms with Crippen molar-refractivity contribution in [3.05, 3.63) is 71.0 Å². The molecule has 3 aromatic rings. The number of ether oxygens (including phenoxy) is 3. The monoisotopic (exact) mass is 423 g/mol. The molecular weight excluding hydrogens is 398 g/mol. The van der Waals surface area contributed by atoms with Crippen molar-refractivity contribution in [1.82, 2.24) is 15.1 Å². The summed E-state index contributed by atoms with van der Waals surface area (Å²) in [5, 5.41) is 7.17. The third-order valence-corrected chi connectivity index (χ3v) is 4.60. The van der Waals surface area contributed by atoms with Crippen LogP contribution in [0.25, 0.3) is 11.3 Å². The molecule has 0 saturated heterocycles. The molecule has 1 amide bonds. The first-order valence-corrected chi connectivity index (χ1v) is 9.81. The number of carbonyl (C=O) groups is 1. The van der Waals surface area contributed by atoms with Crippen molar-refractivity contribution in [2.45, 2.75) is 19.6 Å². The molecule has 0 bridgehead atoms. The first kappa shape index (κ1) is 21.9. The Morgan fingerprint density at radius 2 is 1.71 bits per heavy atom. The van der Waals surface area contributed by atoms with E-state index in [1.807, 2.05) is 24.3 Å². The zero-order valence-corrected chi connectivity index (χ0v) is 17.7. The highest BCUT2D eigenvalue weighted by molar-refractivity contribution is 5.80. The van der Waals surface area contributed by atoms with Gasteiger partial charge in [0, 0.05) is 18.2 Å². The van der Waals surface area contributed by atoms with E-state index in [2.05, 4.69) is 10.4 Å². The number of nitrogens with zero attached hydrogens (tertiary/aromatic N) is 2. The van der Waals surface area contributed by atoms with Crippen LogP contribution < -0.4 is 25.1 Å². The Labute approximate surface area is 180 Å². The molecule has 162 valence electrons. The van der Waals surface area contributed by atoms with Gasteiger partial charge in [0.1, 0.15) is 17.2 Å². The molecule has 31 heavy (non-hydrogen) atoms. The number of rotatable bonds is 9. The molecule has 0 aliphatic carbocycles. The van der Waals surface area contributed by atoms with Crippen LogP contribution in [0, 0.1) is 0 Å². The molecule has 1 unspecified atom stereocenters. The third kappa shape index (κ3) is 5.85. The highest BCUT2D eigenvalue weighted by atomic mass is 16.5. The second kappa shape index (κ2) is 10.3. The van der Waals surface area contributed by atoms with Crippen LogP contribution in [0.1, 0.15) is 6.92 Å². The minimum atomic E-state index is -0.693. The number of nitrogens with one attached hydrogen (secondary N) is 1. The minimum Gasteiger partial charge on any atom is -0.497 e. The second-order valence-electron chi connectivity index (χ2n) is 6.74. The van der Waals surface area contributed by atoms with E-state index < -0.39 is 6.10 Å². The Kier molecular flexibility index (Phi) is 7.26. The van der Waals surface area contributed by atoms with Crippen molar-refractivity contribution < 1.29 is 19.0 Å². The van der Waals surface area contributed by atoms with Crippen LogP contribution >= 0.6 is 0 Å². The number of aromatic nitrogens is 2.